The van der Waals surface area contributed by atoms with E-state index in [2.05, 4.69) is 6.92 Å². The van der Waals surface area contributed by atoms with Crippen molar-refractivity contribution in [3.8, 4) is 0 Å². The summed E-state index contributed by atoms with van der Waals surface area (Å²) >= 11 is -0.591. The van der Waals surface area contributed by atoms with Gasteiger partial charge in [-0.25, -0.2) is 0 Å². The molecular weight excluding hydrogens is 280 g/mol. The van der Waals surface area contributed by atoms with Crippen molar-refractivity contribution in [1.82, 2.24) is 0 Å². The first kappa shape index (κ1) is 21.3. The summed E-state index contributed by atoms with van der Waals surface area (Å²) in [6, 6.07) is 0. The molecule has 0 bridgehead atoms. The van der Waals surface area contributed by atoms with E-state index >= 15 is 0 Å². The predicted octanol–water partition coefficient (Wildman–Crippen LogP) is 5.47. The molecule has 0 radical (unpaired) electrons. The van der Waals surface area contributed by atoms with Crippen molar-refractivity contribution >= 4 is 11.2 Å². The van der Waals surface area contributed by atoms with Crippen LogP contribution < -0.4 is 0 Å². The summed E-state index contributed by atoms with van der Waals surface area (Å²) in [6.45, 7) is 4.04. The summed E-state index contributed by atoms with van der Waals surface area (Å²) in [5.74, 6) is 0.892. The zero-order valence-electron chi connectivity index (χ0n) is 14.5. The number of unbranched alkanes of at least 4 members (excludes halogenated alkanes) is 11. The van der Waals surface area contributed by atoms with Crippen molar-refractivity contribution in [3.63, 3.8) is 0 Å². The molecule has 0 heterocycles. The van der Waals surface area contributed by atoms with E-state index in [-0.39, 0.29) is 0 Å². The third kappa shape index (κ3) is 20.3. The Morgan fingerprint density at radius 2 is 1.10 bits per heavy atom. The monoisotopic (exact) mass is 318 g/mol. The van der Waals surface area contributed by atoms with Crippen LogP contribution in [0.15, 0.2) is 0 Å². The lowest BCUT2D eigenvalue weighted by Gasteiger charge is -2.05. The van der Waals surface area contributed by atoms with E-state index in [1.807, 2.05) is 0 Å². The van der Waals surface area contributed by atoms with Crippen LogP contribution in [-0.2, 0) is 15.9 Å². The van der Waals surface area contributed by atoms with Gasteiger partial charge in [-0.2, -0.15) is 0 Å². The van der Waals surface area contributed by atoms with Crippen LogP contribution in [-0.4, -0.2) is 29.8 Å². The molecule has 1 unspecified atom stereocenters. The van der Waals surface area contributed by atoms with E-state index in [0.29, 0.717) is 0 Å². The fourth-order valence-electron chi connectivity index (χ4n) is 2.52. The van der Waals surface area contributed by atoms with E-state index in [1.165, 1.54) is 70.6 Å². The zero-order chi connectivity index (χ0) is 15.6. The van der Waals surface area contributed by atoms with E-state index < -0.39 is 11.2 Å². The Kier molecular flexibility index (Phi) is 18.6. The van der Waals surface area contributed by atoms with Crippen molar-refractivity contribution in [3.05, 3.63) is 0 Å². The van der Waals surface area contributed by atoms with Crippen molar-refractivity contribution in [1.29, 1.82) is 0 Å². The molecule has 0 aliphatic rings. The first-order chi connectivity index (χ1) is 10.3. The fourth-order valence-corrected chi connectivity index (χ4v) is 3.13. The van der Waals surface area contributed by atoms with Gasteiger partial charge in [0.1, 0.15) is 5.75 Å². The highest BCUT2D eigenvalue weighted by atomic mass is 32.2. The zero-order valence-corrected chi connectivity index (χ0v) is 15.4. The highest BCUT2D eigenvalue weighted by molar-refractivity contribution is 7.90. The first-order valence-corrected chi connectivity index (χ1v) is 10.9. The molecule has 2 nitrogen and oxygen atoms in total. The van der Waals surface area contributed by atoms with Gasteiger partial charge in [-0.15, -0.1) is 0 Å². The molecule has 0 saturated carbocycles. The van der Waals surface area contributed by atoms with E-state index in [1.54, 1.807) is 6.26 Å². The average Bonchev–Trinajstić information content (AvgIpc) is 2.46. The van der Waals surface area contributed by atoms with Gasteiger partial charge in [-0.3, -0.25) is 0 Å². The number of hydrogen-bond acceptors (Lipinski definition) is 2. The molecule has 0 aromatic heterocycles. The van der Waals surface area contributed by atoms with Gasteiger partial charge in [-0.05, 0) is 25.7 Å². The van der Waals surface area contributed by atoms with Crippen LogP contribution in [0.2, 0.25) is 0 Å². The topological polar surface area (TPSA) is 32.3 Å². The molecule has 0 aromatic carbocycles. The third-order valence-electron chi connectivity index (χ3n) is 3.82. The molecule has 1 atom stereocenters. The molecule has 0 saturated heterocycles. The minimum atomic E-state index is -0.591. The van der Waals surface area contributed by atoms with Crippen molar-refractivity contribution in [2.75, 3.05) is 25.2 Å². The van der Waals surface area contributed by atoms with Crippen molar-refractivity contribution in [2.45, 2.75) is 90.4 Å². The fraction of sp³-hybridized carbons (Fsp3) is 1.00. The lowest BCUT2D eigenvalue weighted by Crippen LogP contribution is -2.02. The minimum Gasteiger partial charge on any atom is -0.617 e. The quantitative estimate of drug-likeness (QED) is 0.263. The standard InChI is InChI=1S/C18H38O2S/c1-3-16-20-17-14-12-10-8-6-4-5-7-9-11-13-15-18-21(2)19/h3-18H2,1-2H3. The van der Waals surface area contributed by atoms with Gasteiger partial charge in [-0.1, -0.05) is 75.9 Å². The van der Waals surface area contributed by atoms with E-state index in [0.717, 1.165) is 31.8 Å². The normalized spacial score (nSPS) is 12.7. The maximum atomic E-state index is 10.9. The molecule has 0 amide bonds. The van der Waals surface area contributed by atoms with Gasteiger partial charge in [0.2, 0.25) is 0 Å². The van der Waals surface area contributed by atoms with Crippen LogP contribution in [0.1, 0.15) is 90.4 Å². The lowest BCUT2D eigenvalue weighted by atomic mass is 10.1. The Morgan fingerprint density at radius 1 is 0.667 bits per heavy atom. The molecule has 3 heteroatoms. The van der Waals surface area contributed by atoms with Crippen LogP contribution in [0, 0.1) is 0 Å². The minimum absolute atomic E-state index is 0.591. The second-order valence-corrected chi connectivity index (χ2v) is 7.69. The molecule has 0 spiro atoms. The van der Waals surface area contributed by atoms with Gasteiger partial charge < -0.3 is 9.29 Å². The summed E-state index contributed by atoms with van der Waals surface area (Å²) in [5, 5.41) is 0. The van der Waals surface area contributed by atoms with Gasteiger partial charge in [0.05, 0.1) is 6.26 Å². The molecule has 21 heavy (non-hydrogen) atoms. The summed E-state index contributed by atoms with van der Waals surface area (Å²) in [5.41, 5.74) is 0. The van der Waals surface area contributed by atoms with Gasteiger partial charge in [0.25, 0.3) is 0 Å². The number of ether oxygens (including phenoxy) is 1. The Balaban J connectivity index is 2.93. The van der Waals surface area contributed by atoms with Crippen LogP contribution in [0.5, 0.6) is 0 Å². The van der Waals surface area contributed by atoms with Crippen LogP contribution in [0.3, 0.4) is 0 Å². The highest BCUT2D eigenvalue weighted by Crippen LogP contribution is 2.12. The van der Waals surface area contributed by atoms with Gasteiger partial charge in [0, 0.05) is 13.2 Å². The van der Waals surface area contributed by atoms with E-state index in [9.17, 15) is 4.55 Å². The predicted molar refractivity (Wildman–Crippen MR) is 95.4 cm³/mol. The van der Waals surface area contributed by atoms with Crippen LogP contribution in [0.25, 0.3) is 0 Å². The molecule has 128 valence electrons. The average molecular weight is 319 g/mol. The Labute approximate surface area is 136 Å². The molecule has 0 fully saturated rings. The maximum Gasteiger partial charge on any atom is 0.105 e. The summed E-state index contributed by atoms with van der Waals surface area (Å²) in [6.07, 6.45) is 19.0. The SMILES string of the molecule is CCCOCCCCCCCCCCCCCC[S+](C)[O-]. The molecule has 0 aliphatic carbocycles. The summed E-state index contributed by atoms with van der Waals surface area (Å²) < 4.78 is 16.4. The number of rotatable bonds is 17. The molecule has 0 rings (SSSR count). The Morgan fingerprint density at radius 3 is 1.52 bits per heavy atom. The van der Waals surface area contributed by atoms with Crippen LogP contribution >= 0.6 is 0 Å². The summed E-state index contributed by atoms with van der Waals surface area (Å²) in [7, 11) is 0. The number of hydrogen-bond donors (Lipinski definition) is 0. The molecular formula is C18H38O2S. The van der Waals surface area contributed by atoms with Crippen molar-refractivity contribution < 1.29 is 9.29 Å². The second-order valence-electron chi connectivity index (χ2n) is 6.13. The van der Waals surface area contributed by atoms with Gasteiger partial charge in [0.15, 0.2) is 0 Å². The third-order valence-corrected chi connectivity index (χ3v) is 4.68. The van der Waals surface area contributed by atoms with Gasteiger partial charge >= 0.3 is 0 Å². The first-order valence-electron chi connectivity index (χ1n) is 9.15. The van der Waals surface area contributed by atoms with Crippen molar-refractivity contribution in [2.24, 2.45) is 0 Å². The Bertz CT molecular complexity index is 186. The molecule has 0 N–H and O–H groups in total. The van der Waals surface area contributed by atoms with E-state index in [4.69, 9.17) is 4.74 Å². The maximum absolute atomic E-state index is 10.9. The lowest BCUT2D eigenvalue weighted by molar-refractivity contribution is 0.130. The smallest absolute Gasteiger partial charge is 0.105 e. The summed E-state index contributed by atoms with van der Waals surface area (Å²) in [4.78, 5) is 0. The molecule has 0 aliphatic heterocycles. The highest BCUT2D eigenvalue weighted by Gasteiger charge is 1.97. The van der Waals surface area contributed by atoms with Crippen LogP contribution in [0.4, 0.5) is 0 Å². The molecule has 0 aromatic rings. The second kappa shape index (κ2) is 18.3. The Hall–Kier alpha value is 0.270. The largest absolute Gasteiger partial charge is 0.617 e.